The van der Waals surface area contributed by atoms with Crippen LogP contribution in [-0.4, -0.2) is 35.8 Å². The number of rotatable bonds is 6. The molecule has 1 heterocycles. The summed E-state index contributed by atoms with van der Waals surface area (Å²) in [5.74, 6) is -0.754. The number of aryl methyl sites for hydroxylation is 1. The van der Waals surface area contributed by atoms with Crippen molar-refractivity contribution >= 4 is 17.5 Å². The number of carbonyl (C=O) groups excluding carboxylic acids is 3. The molecule has 1 aromatic carbocycles. The highest BCUT2D eigenvalue weighted by molar-refractivity contribution is 6.02. The number of nitrogens with zero attached hydrogens (tertiary/aromatic N) is 1. The first-order chi connectivity index (χ1) is 10.9. The Labute approximate surface area is 133 Å². The van der Waals surface area contributed by atoms with E-state index in [4.69, 9.17) is 9.47 Å². The minimum atomic E-state index is -0.664. The van der Waals surface area contributed by atoms with Gasteiger partial charge in [0.25, 0.3) is 0 Å². The molecular weight excluding hydrogens is 298 g/mol. The van der Waals surface area contributed by atoms with Crippen LogP contribution in [0.1, 0.15) is 38.1 Å². The molecule has 0 aliphatic heterocycles. The van der Waals surface area contributed by atoms with Gasteiger partial charge >= 0.3 is 5.97 Å². The molecule has 0 saturated carbocycles. The second-order valence-corrected chi connectivity index (χ2v) is 4.98. The molecule has 0 bridgehead atoms. The van der Waals surface area contributed by atoms with Crippen molar-refractivity contribution in [2.45, 2.75) is 6.92 Å². The lowest BCUT2D eigenvalue weighted by Gasteiger charge is -2.08. The summed E-state index contributed by atoms with van der Waals surface area (Å²) in [6.45, 7) is 1.01. The lowest BCUT2D eigenvalue weighted by molar-refractivity contribution is 0.0464. The molecule has 0 amide bonds. The molecule has 0 radical (unpaired) electrons. The third-order valence-electron chi connectivity index (χ3n) is 3.36. The van der Waals surface area contributed by atoms with E-state index in [9.17, 15) is 14.4 Å². The SMILES string of the molecule is COc1ccccc1C(=O)COC(=O)c1cc(C(C)=O)cn1C. The highest BCUT2D eigenvalue weighted by Gasteiger charge is 2.18. The maximum Gasteiger partial charge on any atom is 0.355 e. The zero-order valence-electron chi connectivity index (χ0n) is 13.2. The van der Waals surface area contributed by atoms with Gasteiger partial charge in [-0.05, 0) is 25.1 Å². The normalized spacial score (nSPS) is 10.2. The topological polar surface area (TPSA) is 74.6 Å². The van der Waals surface area contributed by atoms with Gasteiger partial charge in [0.2, 0.25) is 5.78 Å². The van der Waals surface area contributed by atoms with Crippen molar-refractivity contribution in [2.24, 2.45) is 7.05 Å². The second-order valence-electron chi connectivity index (χ2n) is 4.98. The van der Waals surface area contributed by atoms with Gasteiger partial charge in [-0.2, -0.15) is 0 Å². The first kappa shape index (κ1) is 16.5. The zero-order valence-corrected chi connectivity index (χ0v) is 13.2. The Bertz CT molecular complexity index is 760. The minimum absolute atomic E-state index is 0.148. The van der Waals surface area contributed by atoms with Crippen LogP contribution in [0.2, 0.25) is 0 Å². The molecule has 6 nitrogen and oxygen atoms in total. The van der Waals surface area contributed by atoms with Crippen LogP contribution >= 0.6 is 0 Å². The van der Waals surface area contributed by atoms with Gasteiger partial charge < -0.3 is 14.0 Å². The van der Waals surface area contributed by atoms with E-state index in [2.05, 4.69) is 0 Å². The Hall–Kier alpha value is -2.89. The van der Waals surface area contributed by atoms with Gasteiger partial charge in [0.05, 0.1) is 12.7 Å². The maximum absolute atomic E-state index is 12.1. The number of benzene rings is 1. The molecule has 0 N–H and O–H groups in total. The van der Waals surface area contributed by atoms with Crippen LogP contribution in [0.5, 0.6) is 5.75 Å². The molecule has 1 aromatic heterocycles. The van der Waals surface area contributed by atoms with E-state index >= 15 is 0 Å². The Morgan fingerprint density at radius 2 is 1.87 bits per heavy atom. The smallest absolute Gasteiger partial charge is 0.355 e. The third kappa shape index (κ3) is 3.66. The molecule has 0 spiro atoms. The summed E-state index contributed by atoms with van der Waals surface area (Å²) in [4.78, 5) is 35.5. The van der Waals surface area contributed by atoms with Gasteiger partial charge in [-0.1, -0.05) is 12.1 Å². The molecule has 23 heavy (non-hydrogen) atoms. The highest BCUT2D eigenvalue weighted by Crippen LogP contribution is 2.18. The molecule has 0 unspecified atom stereocenters. The lowest BCUT2D eigenvalue weighted by Crippen LogP contribution is -2.16. The van der Waals surface area contributed by atoms with Crippen LogP contribution in [0.4, 0.5) is 0 Å². The van der Waals surface area contributed by atoms with Crippen molar-refractivity contribution in [1.29, 1.82) is 0 Å². The number of ether oxygens (including phenoxy) is 2. The number of ketones is 2. The number of hydrogen-bond donors (Lipinski definition) is 0. The fourth-order valence-electron chi connectivity index (χ4n) is 2.12. The van der Waals surface area contributed by atoms with Gasteiger partial charge in [0, 0.05) is 18.8 Å². The fourth-order valence-corrected chi connectivity index (χ4v) is 2.12. The number of para-hydroxylation sites is 1. The minimum Gasteiger partial charge on any atom is -0.496 e. The van der Waals surface area contributed by atoms with Crippen LogP contribution < -0.4 is 4.74 Å². The van der Waals surface area contributed by atoms with Crippen molar-refractivity contribution in [3.63, 3.8) is 0 Å². The van der Waals surface area contributed by atoms with Gasteiger partial charge in [-0.3, -0.25) is 9.59 Å². The van der Waals surface area contributed by atoms with Crippen LogP contribution in [0.25, 0.3) is 0 Å². The molecule has 6 heteroatoms. The largest absolute Gasteiger partial charge is 0.496 e. The van der Waals surface area contributed by atoms with E-state index in [-0.39, 0.29) is 17.3 Å². The molecule has 2 aromatic rings. The van der Waals surface area contributed by atoms with Gasteiger partial charge in [0.1, 0.15) is 11.4 Å². The van der Waals surface area contributed by atoms with Crippen molar-refractivity contribution in [2.75, 3.05) is 13.7 Å². The van der Waals surface area contributed by atoms with E-state index in [0.29, 0.717) is 16.9 Å². The highest BCUT2D eigenvalue weighted by atomic mass is 16.5. The van der Waals surface area contributed by atoms with E-state index in [1.165, 1.54) is 24.7 Å². The Morgan fingerprint density at radius 3 is 2.48 bits per heavy atom. The average molecular weight is 315 g/mol. The van der Waals surface area contributed by atoms with Crippen molar-refractivity contribution < 1.29 is 23.9 Å². The molecule has 2 rings (SSSR count). The summed E-state index contributed by atoms with van der Waals surface area (Å²) in [5.41, 5.74) is 0.970. The van der Waals surface area contributed by atoms with Crippen LogP contribution in [0.15, 0.2) is 36.5 Å². The van der Waals surface area contributed by atoms with Crippen molar-refractivity contribution in [1.82, 2.24) is 4.57 Å². The molecule has 0 aliphatic carbocycles. The molecule has 0 saturated heterocycles. The van der Waals surface area contributed by atoms with Crippen LogP contribution in [0.3, 0.4) is 0 Å². The average Bonchev–Trinajstić information content (AvgIpc) is 2.94. The molecule has 0 fully saturated rings. The Morgan fingerprint density at radius 1 is 1.17 bits per heavy atom. The predicted molar refractivity (Wildman–Crippen MR) is 83.0 cm³/mol. The van der Waals surface area contributed by atoms with E-state index < -0.39 is 12.6 Å². The zero-order chi connectivity index (χ0) is 17.0. The number of carbonyl (C=O) groups is 3. The third-order valence-corrected chi connectivity index (χ3v) is 3.36. The van der Waals surface area contributed by atoms with Crippen LogP contribution in [-0.2, 0) is 11.8 Å². The van der Waals surface area contributed by atoms with Gasteiger partial charge in [0.15, 0.2) is 12.4 Å². The molecular formula is C17H17NO5. The molecule has 0 aliphatic rings. The van der Waals surface area contributed by atoms with Gasteiger partial charge in [-0.15, -0.1) is 0 Å². The summed E-state index contributed by atoms with van der Waals surface area (Å²) in [7, 11) is 3.09. The standard InChI is InChI=1S/C17H17NO5/c1-11(19)12-8-14(18(2)9-12)17(21)23-10-15(20)13-6-4-5-7-16(13)22-3/h4-9H,10H2,1-3H3. The number of Topliss-reactive ketones (excluding diaryl/α,β-unsaturated/α-hetero) is 2. The summed E-state index contributed by atoms with van der Waals surface area (Å²) >= 11 is 0. The predicted octanol–water partition coefficient (Wildman–Crippen LogP) is 2.28. The monoisotopic (exact) mass is 315 g/mol. The summed E-state index contributed by atoms with van der Waals surface area (Å²) < 4.78 is 11.6. The maximum atomic E-state index is 12.1. The summed E-state index contributed by atoms with van der Waals surface area (Å²) in [6.07, 6.45) is 1.54. The van der Waals surface area contributed by atoms with Crippen molar-refractivity contribution in [3.05, 3.63) is 53.3 Å². The Balaban J connectivity index is 2.07. The first-order valence-electron chi connectivity index (χ1n) is 6.94. The van der Waals surface area contributed by atoms with Gasteiger partial charge in [-0.25, -0.2) is 4.79 Å². The molecule has 120 valence electrons. The number of esters is 1. The number of aromatic nitrogens is 1. The van der Waals surface area contributed by atoms with E-state index in [1.807, 2.05) is 0 Å². The number of methoxy groups -OCH3 is 1. The molecule has 0 atom stereocenters. The fraction of sp³-hybridized carbons (Fsp3) is 0.235. The second kappa shape index (κ2) is 6.91. The summed E-state index contributed by atoms with van der Waals surface area (Å²) in [6, 6.07) is 8.15. The Kier molecular flexibility index (Phi) is 4.95. The number of hydrogen-bond acceptors (Lipinski definition) is 5. The lowest BCUT2D eigenvalue weighted by atomic mass is 10.1. The van der Waals surface area contributed by atoms with Crippen molar-refractivity contribution in [3.8, 4) is 5.75 Å². The first-order valence-corrected chi connectivity index (χ1v) is 6.94. The van der Waals surface area contributed by atoms with E-state index in [0.717, 1.165) is 0 Å². The van der Waals surface area contributed by atoms with Crippen LogP contribution in [0, 0.1) is 0 Å². The quantitative estimate of drug-likeness (QED) is 0.604. The van der Waals surface area contributed by atoms with E-state index in [1.54, 1.807) is 37.5 Å². The summed E-state index contributed by atoms with van der Waals surface area (Å²) in [5, 5.41) is 0.